The van der Waals surface area contributed by atoms with Gasteiger partial charge in [-0.15, -0.1) is 0 Å². The van der Waals surface area contributed by atoms with Crippen LogP contribution >= 0.6 is 23.1 Å². The van der Waals surface area contributed by atoms with Gasteiger partial charge in [-0.1, -0.05) is 48.2 Å². The van der Waals surface area contributed by atoms with E-state index >= 15 is 0 Å². The molecule has 33 heavy (non-hydrogen) atoms. The lowest BCUT2D eigenvalue weighted by atomic mass is 10.2. The largest absolute Gasteiger partial charge is 0.275 e. The highest BCUT2D eigenvalue weighted by Crippen LogP contribution is 2.25. The first-order valence-electron chi connectivity index (χ1n) is 10.2. The van der Waals surface area contributed by atoms with Crippen LogP contribution in [-0.2, 0) is 12.2 Å². The molecule has 0 aliphatic carbocycles. The molecular weight excluding hydrogens is 461 g/mol. The zero-order valence-electron chi connectivity index (χ0n) is 17.8. The molecule has 5 rings (SSSR count). The fourth-order valence-corrected chi connectivity index (χ4v) is 5.17. The molecule has 3 heterocycles. The van der Waals surface area contributed by atoms with E-state index in [0.29, 0.717) is 43.7 Å². The molecule has 0 unspecified atom stereocenters. The smallest absolute Gasteiger partial charge is 0.268 e. The number of thioether (sulfide) groups is 1. The minimum absolute atomic E-state index is 0.254. The summed E-state index contributed by atoms with van der Waals surface area (Å²) < 4.78 is 17.0. The summed E-state index contributed by atoms with van der Waals surface area (Å²) in [5.74, 6) is -0.0925. The third-order valence-electron chi connectivity index (χ3n) is 5.15. The van der Waals surface area contributed by atoms with E-state index in [-0.39, 0.29) is 11.1 Å². The van der Waals surface area contributed by atoms with Gasteiger partial charge in [-0.05, 0) is 43.2 Å². The summed E-state index contributed by atoms with van der Waals surface area (Å²) in [4.78, 5) is 35.6. The molecule has 166 valence electrons. The van der Waals surface area contributed by atoms with E-state index in [0.717, 1.165) is 11.4 Å². The average Bonchev–Trinajstić information content (AvgIpc) is 3.24. The van der Waals surface area contributed by atoms with Crippen molar-refractivity contribution in [3.05, 3.63) is 91.3 Å². The average molecular weight is 480 g/mol. The third kappa shape index (κ3) is 3.96. The number of nitrogens with zero attached hydrogens (tertiary/aromatic N) is 5. The molecule has 0 spiro atoms. The molecule has 0 bridgehead atoms. The zero-order valence-corrected chi connectivity index (χ0v) is 19.4. The van der Waals surface area contributed by atoms with E-state index in [4.69, 9.17) is 0 Å². The summed E-state index contributed by atoms with van der Waals surface area (Å²) in [5.41, 5.74) is 1.44. The molecule has 3 aromatic heterocycles. The summed E-state index contributed by atoms with van der Waals surface area (Å²) in [6, 6.07) is 13.1. The van der Waals surface area contributed by atoms with Crippen molar-refractivity contribution in [2.45, 2.75) is 31.2 Å². The molecule has 5 aromatic rings. The molecule has 0 aliphatic rings. The Hall–Kier alpha value is -3.37. The Bertz CT molecular complexity index is 1640. The highest BCUT2D eigenvalue weighted by molar-refractivity contribution is 7.98. The molecule has 0 amide bonds. The molecule has 2 aromatic carbocycles. The lowest BCUT2D eigenvalue weighted by Crippen LogP contribution is -2.22. The van der Waals surface area contributed by atoms with Crippen molar-refractivity contribution < 1.29 is 4.39 Å². The van der Waals surface area contributed by atoms with Gasteiger partial charge in [-0.25, -0.2) is 14.4 Å². The molecule has 0 radical (unpaired) electrons. The van der Waals surface area contributed by atoms with Crippen LogP contribution < -0.4 is 11.1 Å². The van der Waals surface area contributed by atoms with Crippen LogP contribution in [0.25, 0.3) is 21.6 Å². The minimum Gasteiger partial charge on any atom is -0.268 e. The first-order valence-corrected chi connectivity index (χ1v) is 12.0. The van der Waals surface area contributed by atoms with Crippen LogP contribution in [0.5, 0.6) is 0 Å². The highest BCUT2D eigenvalue weighted by atomic mass is 32.2. The maximum atomic E-state index is 14.3. The fraction of sp³-hybridized carbons (Fsp3) is 0.174. The lowest BCUT2D eigenvalue weighted by molar-refractivity contribution is 0.615. The van der Waals surface area contributed by atoms with Crippen LogP contribution in [0.1, 0.15) is 23.2 Å². The second-order valence-electron chi connectivity index (χ2n) is 7.40. The molecule has 10 heteroatoms. The van der Waals surface area contributed by atoms with Crippen LogP contribution in [0.4, 0.5) is 4.39 Å². The molecule has 0 fully saturated rings. The summed E-state index contributed by atoms with van der Waals surface area (Å²) in [5, 5.41) is 5.93. The van der Waals surface area contributed by atoms with Crippen molar-refractivity contribution in [2.24, 2.45) is 0 Å². The van der Waals surface area contributed by atoms with Gasteiger partial charge in [0.25, 0.3) is 11.1 Å². The van der Waals surface area contributed by atoms with E-state index in [1.807, 2.05) is 13.0 Å². The van der Waals surface area contributed by atoms with E-state index in [2.05, 4.69) is 15.1 Å². The molecular formula is C23H18FN5O2S2. The maximum absolute atomic E-state index is 14.3. The number of hydrogen-bond donors (Lipinski definition) is 0. The van der Waals surface area contributed by atoms with Gasteiger partial charge in [-0.3, -0.25) is 14.2 Å². The Kier molecular flexibility index (Phi) is 5.55. The van der Waals surface area contributed by atoms with Gasteiger partial charge >= 0.3 is 0 Å². The van der Waals surface area contributed by atoms with E-state index in [1.54, 1.807) is 37.3 Å². The summed E-state index contributed by atoms with van der Waals surface area (Å²) in [7, 11) is 0. The Morgan fingerprint density at radius 2 is 1.91 bits per heavy atom. The number of benzene rings is 2. The van der Waals surface area contributed by atoms with Crippen molar-refractivity contribution in [1.29, 1.82) is 0 Å². The van der Waals surface area contributed by atoms with E-state index < -0.39 is 5.82 Å². The summed E-state index contributed by atoms with van der Waals surface area (Å²) in [6.07, 6.45) is 0.720. The first kappa shape index (κ1) is 21.5. The maximum Gasteiger partial charge on any atom is 0.275 e. The monoisotopic (exact) mass is 479 g/mol. The van der Waals surface area contributed by atoms with E-state index in [1.165, 1.54) is 44.3 Å². The number of fused-ring (bicyclic) bond motifs is 2. The SMILES string of the molecule is CCc1nn2c(=O)cc(CSc3nc4ccccc4c(=O)n3-c3ccc(C)c(F)c3)nc2s1. The minimum atomic E-state index is -0.402. The molecule has 0 aliphatic heterocycles. The van der Waals surface area contributed by atoms with Crippen LogP contribution in [0.15, 0.2) is 63.3 Å². The van der Waals surface area contributed by atoms with Gasteiger partial charge in [0, 0.05) is 11.8 Å². The summed E-state index contributed by atoms with van der Waals surface area (Å²) >= 11 is 2.64. The van der Waals surface area contributed by atoms with Crippen LogP contribution in [0.2, 0.25) is 0 Å². The molecule has 0 saturated heterocycles. The van der Waals surface area contributed by atoms with Gasteiger partial charge in [0.2, 0.25) is 4.96 Å². The summed E-state index contributed by atoms with van der Waals surface area (Å²) in [6.45, 7) is 3.64. The van der Waals surface area contributed by atoms with E-state index in [9.17, 15) is 14.0 Å². The zero-order chi connectivity index (χ0) is 23.1. The van der Waals surface area contributed by atoms with Gasteiger partial charge in [-0.2, -0.15) is 9.61 Å². The lowest BCUT2D eigenvalue weighted by Gasteiger charge is -2.13. The Morgan fingerprint density at radius 1 is 1.09 bits per heavy atom. The molecule has 7 nitrogen and oxygen atoms in total. The number of para-hydroxylation sites is 1. The van der Waals surface area contributed by atoms with Crippen LogP contribution in [0, 0.1) is 12.7 Å². The number of aromatic nitrogens is 5. The quantitative estimate of drug-likeness (QED) is 0.278. The second-order valence-corrected chi connectivity index (χ2v) is 9.39. The molecule has 0 N–H and O–H groups in total. The van der Waals surface area contributed by atoms with Crippen molar-refractivity contribution >= 4 is 39.0 Å². The molecule has 0 saturated carbocycles. The number of halogens is 1. The van der Waals surface area contributed by atoms with Crippen molar-refractivity contribution in [1.82, 2.24) is 24.1 Å². The Morgan fingerprint density at radius 3 is 2.70 bits per heavy atom. The predicted molar refractivity (Wildman–Crippen MR) is 128 cm³/mol. The normalized spacial score (nSPS) is 11.5. The molecule has 0 atom stereocenters. The predicted octanol–water partition coefficient (Wildman–Crippen LogP) is 4.15. The first-order chi connectivity index (χ1) is 15.9. The third-order valence-corrected chi connectivity index (χ3v) is 7.17. The standard InChI is InChI=1S/C23H18FN5O2S2/c1-3-19-27-29-20(30)10-14(25-23(29)33-19)12-32-22-26-18-7-5-4-6-16(18)21(31)28(22)15-9-8-13(2)17(24)11-15/h4-11H,3,12H2,1-2H3. The second kappa shape index (κ2) is 8.53. The highest BCUT2D eigenvalue weighted by Gasteiger charge is 2.16. The number of aryl methyl sites for hydroxylation is 2. The van der Waals surface area contributed by atoms with Gasteiger partial charge in [0.15, 0.2) is 5.16 Å². The van der Waals surface area contributed by atoms with Crippen molar-refractivity contribution in [3.63, 3.8) is 0 Å². The Balaban J connectivity index is 1.60. The van der Waals surface area contributed by atoms with Crippen molar-refractivity contribution in [3.8, 4) is 5.69 Å². The van der Waals surface area contributed by atoms with Crippen LogP contribution in [0.3, 0.4) is 0 Å². The van der Waals surface area contributed by atoms with Gasteiger partial charge in [0.05, 0.1) is 22.3 Å². The van der Waals surface area contributed by atoms with Gasteiger partial charge in [0.1, 0.15) is 10.8 Å². The topological polar surface area (TPSA) is 82.2 Å². The van der Waals surface area contributed by atoms with Crippen LogP contribution in [-0.4, -0.2) is 24.1 Å². The van der Waals surface area contributed by atoms with Crippen molar-refractivity contribution in [2.75, 3.05) is 0 Å². The fourth-order valence-electron chi connectivity index (χ4n) is 3.41. The number of rotatable bonds is 5. The number of hydrogen-bond acceptors (Lipinski definition) is 7. The van der Waals surface area contributed by atoms with Gasteiger partial charge < -0.3 is 0 Å². The Labute approximate surface area is 195 Å².